The molecule has 254 valence electrons. The molecule has 1 aliphatic heterocycles. The third kappa shape index (κ3) is 9.79. The predicted octanol–water partition coefficient (Wildman–Crippen LogP) is 5.14. The van der Waals surface area contributed by atoms with Gasteiger partial charge in [-0.15, -0.1) is 0 Å². The summed E-state index contributed by atoms with van der Waals surface area (Å²) in [7, 11) is 0. The predicted molar refractivity (Wildman–Crippen MR) is 180 cm³/mol. The number of alkyl carbamates (subject to hydrolysis) is 1. The second kappa shape index (κ2) is 16.8. The van der Waals surface area contributed by atoms with Crippen molar-refractivity contribution in [3.8, 4) is 0 Å². The number of likely N-dealkylation sites (N-methyl/N-ethyl adjacent to an activating group) is 1. The quantitative estimate of drug-likeness (QED) is 0.206. The topological polar surface area (TPSA) is 143 Å². The van der Waals surface area contributed by atoms with Gasteiger partial charge < -0.3 is 26.0 Å². The van der Waals surface area contributed by atoms with Crippen LogP contribution in [-0.2, 0) is 29.3 Å². The van der Waals surface area contributed by atoms with Crippen LogP contribution in [0.2, 0.25) is 5.02 Å². The second-order valence-corrected chi connectivity index (χ2v) is 13.6. The molecule has 1 saturated heterocycles. The number of ether oxygens (including phenoxy) is 1. The van der Waals surface area contributed by atoms with Crippen LogP contribution in [0.4, 0.5) is 4.79 Å². The summed E-state index contributed by atoms with van der Waals surface area (Å²) < 4.78 is 6.15. The third-order valence-corrected chi connectivity index (χ3v) is 9.57. The fourth-order valence-electron chi connectivity index (χ4n) is 6.64. The third-order valence-electron chi connectivity index (χ3n) is 9.33. The van der Waals surface area contributed by atoms with Crippen molar-refractivity contribution in [1.82, 2.24) is 21.3 Å². The van der Waals surface area contributed by atoms with Crippen molar-refractivity contribution in [2.24, 2.45) is 11.8 Å². The van der Waals surface area contributed by atoms with Crippen molar-refractivity contribution in [1.29, 1.82) is 0 Å². The molecule has 10 nitrogen and oxygen atoms in total. The van der Waals surface area contributed by atoms with Crippen LogP contribution in [0, 0.1) is 11.8 Å². The van der Waals surface area contributed by atoms with Crippen molar-refractivity contribution in [3.63, 3.8) is 0 Å². The Morgan fingerprint density at radius 3 is 2.30 bits per heavy atom. The molecule has 2 aromatic rings. The Balaban J connectivity index is 1.58. The summed E-state index contributed by atoms with van der Waals surface area (Å²) in [5.41, 5.74) is 0.922. The lowest BCUT2D eigenvalue weighted by Crippen LogP contribution is -2.55. The van der Waals surface area contributed by atoms with Gasteiger partial charge in [0.2, 0.25) is 17.6 Å². The summed E-state index contributed by atoms with van der Waals surface area (Å²) in [5.74, 6) is -2.81. The van der Waals surface area contributed by atoms with Gasteiger partial charge in [0.05, 0.1) is 6.04 Å². The Kier molecular flexibility index (Phi) is 12.8. The number of carbonyl (C=O) groups is 5. The molecule has 2 aliphatic rings. The minimum atomic E-state index is -1.23. The Morgan fingerprint density at radius 2 is 1.66 bits per heavy atom. The fourth-order valence-corrected chi connectivity index (χ4v) is 6.83. The van der Waals surface area contributed by atoms with E-state index in [-0.39, 0.29) is 24.8 Å². The van der Waals surface area contributed by atoms with Crippen molar-refractivity contribution in [2.75, 3.05) is 13.1 Å². The van der Waals surface area contributed by atoms with E-state index in [0.29, 0.717) is 24.4 Å². The van der Waals surface area contributed by atoms with Gasteiger partial charge in [0.15, 0.2) is 0 Å². The first-order valence-corrected chi connectivity index (χ1v) is 17.1. The van der Waals surface area contributed by atoms with E-state index in [1.807, 2.05) is 62.4 Å². The zero-order valence-corrected chi connectivity index (χ0v) is 28.2. The average molecular weight is 667 g/mol. The summed E-state index contributed by atoms with van der Waals surface area (Å²) in [6.45, 7) is 6.32. The van der Waals surface area contributed by atoms with Crippen LogP contribution in [0.25, 0.3) is 0 Å². The van der Waals surface area contributed by atoms with Gasteiger partial charge in [0.1, 0.15) is 12.1 Å². The average Bonchev–Trinajstić information content (AvgIpc) is 3.47. The molecule has 4 amide bonds. The first kappa shape index (κ1) is 35.9. The van der Waals surface area contributed by atoms with E-state index < -0.39 is 53.2 Å². The Morgan fingerprint density at radius 1 is 0.936 bits per heavy atom. The molecule has 4 atom stereocenters. The lowest BCUT2D eigenvalue weighted by Gasteiger charge is -2.35. The number of halogens is 1. The zero-order valence-electron chi connectivity index (χ0n) is 27.5. The van der Waals surface area contributed by atoms with Gasteiger partial charge in [-0.25, -0.2) is 4.79 Å². The first-order valence-electron chi connectivity index (χ1n) is 16.7. The number of hydrogen-bond acceptors (Lipinski definition) is 6. The van der Waals surface area contributed by atoms with Crippen molar-refractivity contribution in [3.05, 3.63) is 70.7 Å². The maximum absolute atomic E-state index is 13.9. The summed E-state index contributed by atoms with van der Waals surface area (Å²) in [4.78, 5) is 65.8. The van der Waals surface area contributed by atoms with Crippen LogP contribution in [0.5, 0.6) is 0 Å². The van der Waals surface area contributed by atoms with Gasteiger partial charge in [0.25, 0.3) is 5.91 Å². The summed E-state index contributed by atoms with van der Waals surface area (Å²) in [5, 5.41) is 11.3. The molecular weight excluding hydrogens is 620 g/mol. The highest BCUT2D eigenvalue weighted by Crippen LogP contribution is 2.40. The molecular formula is C36H47ClN4O6. The van der Waals surface area contributed by atoms with Gasteiger partial charge in [-0.05, 0) is 55.4 Å². The summed E-state index contributed by atoms with van der Waals surface area (Å²) in [6.07, 6.45) is 4.31. The van der Waals surface area contributed by atoms with E-state index in [4.69, 9.17) is 16.3 Å². The van der Waals surface area contributed by atoms with E-state index in [9.17, 15) is 24.0 Å². The number of ketones is 1. The Labute approximate surface area is 282 Å². The van der Waals surface area contributed by atoms with E-state index in [1.165, 1.54) is 0 Å². The van der Waals surface area contributed by atoms with E-state index in [2.05, 4.69) is 21.3 Å². The molecule has 2 aromatic carbocycles. The number of hydrogen-bond donors (Lipinski definition) is 4. The second-order valence-electron chi connectivity index (χ2n) is 13.2. The number of benzene rings is 2. The van der Waals surface area contributed by atoms with Crippen LogP contribution >= 0.6 is 11.6 Å². The van der Waals surface area contributed by atoms with E-state index in [0.717, 1.165) is 43.2 Å². The van der Waals surface area contributed by atoms with Crippen molar-refractivity contribution in [2.45, 2.75) is 95.7 Å². The zero-order chi connectivity index (χ0) is 34.0. The van der Waals surface area contributed by atoms with E-state index >= 15 is 0 Å². The molecule has 0 aromatic heterocycles. The standard InChI is InChI=1S/C36H47ClN4O6/c1-4-38-34(45)30(42)28(21-25-18-19-39-32(25)43)40-33(44)29(20-23-12-7-5-8-13-23)41-35(46)47-31(24-14-9-6-10-15-24)36(2,3)26-16-11-17-27(37)22-26/h6,9-11,14-17,22-23,25,28-29,31H,4-5,7-8,12-13,18-21H2,1-3H3,(H,38,45)(H,39,43)(H,40,44)(H,41,46)/t25-,28?,29?,31?/m0/s1. The molecule has 1 heterocycles. The highest BCUT2D eigenvalue weighted by Gasteiger charge is 2.39. The minimum Gasteiger partial charge on any atom is -0.440 e. The first-order chi connectivity index (χ1) is 22.5. The summed E-state index contributed by atoms with van der Waals surface area (Å²) in [6, 6.07) is 14.5. The summed E-state index contributed by atoms with van der Waals surface area (Å²) >= 11 is 6.33. The smallest absolute Gasteiger partial charge is 0.408 e. The van der Waals surface area contributed by atoms with Crippen LogP contribution in [-0.4, -0.2) is 54.8 Å². The Bertz CT molecular complexity index is 1410. The highest BCUT2D eigenvalue weighted by atomic mass is 35.5. The number of Topliss-reactive ketones (excluding diaryl/α,β-unsaturated/α-hetero) is 1. The molecule has 4 rings (SSSR count). The van der Waals surface area contributed by atoms with Gasteiger partial charge >= 0.3 is 6.09 Å². The molecule has 3 unspecified atom stereocenters. The number of amides is 4. The molecule has 4 N–H and O–H groups in total. The van der Waals surface area contributed by atoms with Gasteiger partial charge in [0, 0.05) is 29.4 Å². The van der Waals surface area contributed by atoms with Gasteiger partial charge in [-0.3, -0.25) is 19.2 Å². The molecule has 0 radical (unpaired) electrons. The lowest BCUT2D eigenvalue weighted by molar-refractivity contribution is -0.140. The van der Waals surface area contributed by atoms with Crippen LogP contribution in [0.3, 0.4) is 0 Å². The van der Waals surface area contributed by atoms with Crippen LogP contribution in [0.15, 0.2) is 54.6 Å². The molecule has 47 heavy (non-hydrogen) atoms. The van der Waals surface area contributed by atoms with Crippen molar-refractivity contribution >= 4 is 41.2 Å². The van der Waals surface area contributed by atoms with Crippen LogP contribution < -0.4 is 21.3 Å². The SMILES string of the molecule is CCNC(=O)C(=O)C(C[C@@H]1CCNC1=O)NC(=O)C(CC1CCCCC1)NC(=O)OC(c1ccccc1)C(C)(C)c1cccc(Cl)c1. The van der Waals surface area contributed by atoms with E-state index in [1.54, 1.807) is 13.0 Å². The minimum absolute atomic E-state index is 0.0158. The number of nitrogens with one attached hydrogen (secondary N) is 4. The number of rotatable bonds is 14. The molecule has 0 bridgehead atoms. The normalized spacial score (nSPS) is 18.7. The fraction of sp³-hybridized carbons (Fsp3) is 0.528. The van der Waals surface area contributed by atoms with Gasteiger partial charge in [-0.2, -0.15) is 0 Å². The monoisotopic (exact) mass is 666 g/mol. The van der Waals surface area contributed by atoms with Crippen LogP contribution in [0.1, 0.15) is 89.4 Å². The maximum atomic E-state index is 13.9. The van der Waals surface area contributed by atoms with Crippen molar-refractivity contribution < 1.29 is 28.7 Å². The largest absolute Gasteiger partial charge is 0.440 e. The molecule has 1 saturated carbocycles. The Hall–Kier alpha value is -3.92. The number of carbonyl (C=O) groups excluding carboxylic acids is 5. The maximum Gasteiger partial charge on any atom is 0.408 e. The lowest BCUT2D eigenvalue weighted by atomic mass is 9.76. The highest BCUT2D eigenvalue weighted by molar-refractivity contribution is 6.38. The molecule has 0 spiro atoms. The molecule has 1 aliphatic carbocycles. The molecule has 11 heteroatoms. The molecule has 2 fully saturated rings. The van der Waals surface area contributed by atoms with Gasteiger partial charge in [-0.1, -0.05) is 100 Å².